The van der Waals surface area contributed by atoms with Gasteiger partial charge in [-0.25, -0.2) is 9.78 Å². The zero-order valence-electron chi connectivity index (χ0n) is 21.6. The van der Waals surface area contributed by atoms with Crippen LogP contribution in [-0.2, 0) is 9.53 Å². The average molecular weight is 579 g/mol. The van der Waals surface area contributed by atoms with Crippen molar-refractivity contribution >= 4 is 52.2 Å². The quantitative estimate of drug-likeness (QED) is 0.122. The maximum atomic E-state index is 12.4. The summed E-state index contributed by atoms with van der Waals surface area (Å²) in [5.41, 5.74) is 5.41. The molecule has 6 nitrogen and oxygen atoms in total. The fraction of sp³-hybridized carbons (Fsp3) is 0.233. The van der Waals surface area contributed by atoms with E-state index < -0.39 is 18.1 Å². The number of carbonyl (C=O) groups is 2. The number of rotatable bonds is 10. The number of carbonyl (C=O) groups excluding carboxylic acids is 1. The normalized spacial score (nSPS) is 12.4. The van der Waals surface area contributed by atoms with E-state index in [2.05, 4.69) is 16.8 Å². The predicted octanol–water partition coefficient (Wildman–Crippen LogP) is 7.18. The molecule has 4 rings (SSSR count). The number of thiazole rings is 1. The van der Waals surface area contributed by atoms with Crippen LogP contribution in [-0.4, -0.2) is 41.2 Å². The van der Waals surface area contributed by atoms with Crippen molar-refractivity contribution in [1.82, 2.24) is 4.98 Å². The minimum absolute atomic E-state index is 0.166. The largest absolute Gasteiger partial charge is 0.477 e. The number of hydrogen-bond acceptors (Lipinski definition) is 7. The summed E-state index contributed by atoms with van der Waals surface area (Å²) in [5.74, 6) is 4.43. The zero-order valence-corrected chi connectivity index (χ0v) is 24.0. The third-order valence-corrected chi connectivity index (χ3v) is 8.00. The van der Waals surface area contributed by atoms with Gasteiger partial charge in [-0.05, 0) is 68.2 Å². The van der Waals surface area contributed by atoms with Gasteiger partial charge in [0.2, 0.25) is 0 Å². The van der Waals surface area contributed by atoms with Crippen molar-refractivity contribution in [2.24, 2.45) is 0 Å². The molecule has 2 atom stereocenters. The van der Waals surface area contributed by atoms with Gasteiger partial charge in [0.05, 0.1) is 17.1 Å². The molecule has 0 aliphatic rings. The van der Waals surface area contributed by atoms with Crippen LogP contribution in [0, 0.1) is 11.8 Å². The molecular weight excluding hydrogens is 552 g/mol. The van der Waals surface area contributed by atoms with Crippen LogP contribution in [0.4, 0.5) is 5.69 Å². The smallest absolute Gasteiger partial charge is 0.348 e. The molecular formula is C30H27ClN2O4S2. The van der Waals surface area contributed by atoms with E-state index in [0.29, 0.717) is 17.3 Å². The molecule has 0 amide bonds. The molecule has 0 radical (unpaired) electrons. The van der Waals surface area contributed by atoms with Gasteiger partial charge < -0.3 is 19.5 Å². The van der Waals surface area contributed by atoms with Crippen LogP contribution in [0.15, 0.2) is 65.5 Å². The van der Waals surface area contributed by atoms with Crippen LogP contribution in [0.2, 0.25) is 5.02 Å². The summed E-state index contributed by atoms with van der Waals surface area (Å²) < 4.78 is 6.13. The predicted molar refractivity (Wildman–Crippen MR) is 158 cm³/mol. The van der Waals surface area contributed by atoms with E-state index in [1.165, 1.54) is 22.7 Å². The van der Waals surface area contributed by atoms with Crippen molar-refractivity contribution in [3.8, 4) is 22.3 Å². The third kappa shape index (κ3) is 6.75. The van der Waals surface area contributed by atoms with Gasteiger partial charge in [-0.15, -0.1) is 22.7 Å². The first-order chi connectivity index (χ1) is 18.8. The highest BCUT2D eigenvalue weighted by molar-refractivity contribution is 7.18. The third-order valence-electron chi connectivity index (χ3n) is 6.00. The summed E-state index contributed by atoms with van der Waals surface area (Å²) in [7, 11) is 0. The highest BCUT2D eigenvalue weighted by Crippen LogP contribution is 2.40. The maximum Gasteiger partial charge on any atom is 0.348 e. The Morgan fingerprint density at radius 3 is 2.44 bits per heavy atom. The van der Waals surface area contributed by atoms with Crippen LogP contribution in [0.3, 0.4) is 0 Å². The molecule has 2 aromatic heterocycles. The molecule has 9 heteroatoms. The van der Waals surface area contributed by atoms with Gasteiger partial charge in [0.25, 0.3) is 0 Å². The van der Waals surface area contributed by atoms with Crippen molar-refractivity contribution in [2.45, 2.75) is 39.0 Å². The van der Waals surface area contributed by atoms with Gasteiger partial charge in [-0.1, -0.05) is 41.8 Å². The molecule has 200 valence electrons. The number of nitrogens with zero attached hydrogens (tertiary/aromatic N) is 2. The lowest BCUT2D eigenvalue weighted by Gasteiger charge is -2.39. The highest BCUT2D eigenvalue weighted by atomic mass is 35.5. The van der Waals surface area contributed by atoms with Gasteiger partial charge in [-0.3, -0.25) is 0 Å². The molecule has 0 saturated carbocycles. The Morgan fingerprint density at radius 2 is 1.87 bits per heavy atom. The van der Waals surface area contributed by atoms with E-state index in [9.17, 15) is 14.7 Å². The Balaban J connectivity index is 1.73. The zero-order chi connectivity index (χ0) is 27.9. The second-order valence-electron chi connectivity index (χ2n) is 8.89. The molecule has 0 spiro atoms. The summed E-state index contributed by atoms with van der Waals surface area (Å²) in [6.45, 7) is 6.10. The number of aromatic nitrogens is 1. The van der Waals surface area contributed by atoms with Crippen molar-refractivity contribution in [3.05, 3.63) is 92.2 Å². The number of aromatic carboxylic acids is 1. The van der Waals surface area contributed by atoms with E-state index in [1.807, 2.05) is 61.4 Å². The minimum atomic E-state index is -1.04. The summed E-state index contributed by atoms with van der Waals surface area (Å²) in [5, 5.41) is 12.6. The standard InChI is InChI=1S/C30H27ClN2O4S2/c1-4-37-29(25(16-34)21-10-12-23(31)13-11-21)33(19(2)3)26-15-27(39-28(26)30(35)36)22-8-5-20(6-9-22)7-14-24-17-38-18-32-24/h5-6,8-13,15-19,25,29H,4H2,1-3H3,(H,35,36). The number of aldehydes is 1. The Hall–Kier alpha value is -3.48. The Morgan fingerprint density at radius 1 is 1.15 bits per heavy atom. The number of halogens is 1. The summed E-state index contributed by atoms with van der Waals surface area (Å²) in [6, 6.07) is 16.4. The monoisotopic (exact) mass is 578 g/mol. The first-order valence-corrected chi connectivity index (χ1v) is 14.4. The van der Waals surface area contributed by atoms with Gasteiger partial charge in [0.1, 0.15) is 23.1 Å². The molecule has 2 heterocycles. The van der Waals surface area contributed by atoms with E-state index in [0.717, 1.165) is 33.5 Å². The number of thiophene rings is 1. The summed E-state index contributed by atoms with van der Waals surface area (Å²) in [4.78, 5) is 31.8. The number of anilines is 1. The molecule has 0 aliphatic carbocycles. The summed E-state index contributed by atoms with van der Waals surface area (Å²) >= 11 is 8.76. The second-order valence-corrected chi connectivity index (χ2v) is 11.1. The first kappa shape index (κ1) is 28.5. The molecule has 0 aliphatic heterocycles. The van der Waals surface area contributed by atoms with Gasteiger partial charge in [-0.2, -0.15) is 0 Å². The fourth-order valence-electron chi connectivity index (χ4n) is 4.23. The van der Waals surface area contributed by atoms with Crippen molar-refractivity contribution in [2.75, 3.05) is 11.5 Å². The van der Waals surface area contributed by atoms with E-state index in [-0.39, 0.29) is 10.9 Å². The minimum Gasteiger partial charge on any atom is -0.477 e. The van der Waals surface area contributed by atoms with Gasteiger partial charge >= 0.3 is 5.97 Å². The topological polar surface area (TPSA) is 79.7 Å². The van der Waals surface area contributed by atoms with E-state index >= 15 is 0 Å². The molecule has 0 saturated heterocycles. The van der Waals surface area contributed by atoms with Crippen molar-refractivity contribution in [1.29, 1.82) is 0 Å². The van der Waals surface area contributed by atoms with Crippen LogP contribution < -0.4 is 4.90 Å². The van der Waals surface area contributed by atoms with Gasteiger partial charge in [0, 0.05) is 33.5 Å². The molecule has 1 N–H and O–H groups in total. The molecule has 0 fully saturated rings. The number of carboxylic acid groups (broad SMARTS) is 1. The molecule has 0 bridgehead atoms. The van der Waals surface area contributed by atoms with E-state index in [1.54, 1.807) is 29.8 Å². The number of hydrogen-bond donors (Lipinski definition) is 1. The molecule has 2 aromatic carbocycles. The fourth-order valence-corrected chi connectivity index (χ4v) is 5.84. The first-order valence-electron chi connectivity index (χ1n) is 12.3. The van der Waals surface area contributed by atoms with Crippen LogP contribution in [0.25, 0.3) is 10.4 Å². The molecule has 39 heavy (non-hydrogen) atoms. The van der Waals surface area contributed by atoms with Crippen LogP contribution in [0.5, 0.6) is 0 Å². The second kappa shape index (κ2) is 13.0. The average Bonchev–Trinajstić information content (AvgIpc) is 3.60. The lowest BCUT2D eigenvalue weighted by Crippen LogP contribution is -2.47. The van der Waals surface area contributed by atoms with Crippen LogP contribution >= 0.6 is 34.3 Å². The number of ether oxygens (including phenoxy) is 1. The number of benzene rings is 2. The Labute approximate surface area is 240 Å². The highest BCUT2D eigenvalue weighted by Gasteiger charge is 2.34. The maximum absolute atomic E-state index is 12.4. The number of carboxylic acids is 1. The SMILES string of the molecule is CCOC(C(C=O)c1ccc(Cl)cc1)N(c1cc(-c2ccc(C#Cc3cscn3)cc2)sc1C(=O)O)C(C)C. The van der Waals surface area contributed by atoms with Gasteiger partial charge in [0.15, 0.2) is 0 Å². The molecule has 4 aromatic rings. The lowest BCUT2D eigenvalue weighted by molar-refractivity contribution is -0.112. The Bertz CT molecular complexity index is 1470. The van der Waals surface area contributed by atoms with Crippen molar-refractivity contribution < 1.29 is 19.4 Å². The summed E-state index contributed by atoms with van der Waals surface area (Å²) in [6.07, 6.45) is 0.121. The van der Waals surface area contributed by atoms with Crippen molar-refractivity contribution in [3.63, 3.8) is 0 Å². The van der Waals surface area contributed by atoms with Crippen LogP contribution in [0.1, 0.15) is 53.2 Å². The van der Waals surface area contributed by atoms with E-state index in [4.69, 9.17) is 16.3 Å². The lowest BCUT2D eigenvalue weighted by atomic mass is 9.96. The molecule has 2 unspecified atom stereocenters. The Kier molecular flexibility index (Phi) is 9.54.